The van der Waals surface area contributed by atoms with Gasteiger partial charge >= 0.3 is 0 Å². The van der Waals surface area contributed by atoms with Crippen LogP contribution in [0.5, 0.6) is 0 Å². The first-order chi connectivity index (χ1) is 17.4. The summed E-state index contributed by atoms with van der Waals surface area (Å²) in [6.45, 7) is 7.04. The lowest BCUT2D eigenvalue weighted by atomic mass is 9.85. The van der Waals surface area contributed by atoms with Crippen molar-refractivity contribution in [3.63, 3.8) is 0 Å². The normalized spacial score (nSPS) is 17.1. The van der Waals surface area contributed by atoms with E-state index in [2.05, 4.69) is 10.2 Å². The first kappa shape index (κ1) is 25.7. The van der Waals surface area contributed by atoms with Crippen LogP contribution in [0.2, 0.25) is 0 Å². The van der Waals surface area contributed by atoms with E-state index in [4.69, 9.17) is 4.74 Å². The van der Waals surface area contributed by atoms with E-state index in [1.54, 1.807) is 4.90 Å². The van der Waals surface area contributed by atoms with Crippen molar-refractivity contribution in [3.8, 4) is 0 Å². The SMILES string of the molecule is CCOCCCNC(=O)CN1CN(c2ccccc2)C2(CCN(C(=O)c3ccc(C)cc3)CC2)C1=O. The summed E-state index contributed by atoms with van der Waals surface area (Å²) in [4.78, 5) is 45.0. The van der Waals surface area contributed by atoms with Crippen molar-refractivity contribution in [2.24, 2.45) is 0 Å². The van der Waals surface area contributed by atoms with Crippen molar-refractivity contribution in [1.82, 2.24) is 15.1 Å². The van der Waals surface area contributed by atoms with Gasteiger partial charge in [-0.05, 0) is 57.4 Å². The van der Waals surface area contributed by atoms with Crippen LogP contribution in [0.25, 0.3) is 0 Å². The molecule has 2 aromatic rings. The van der Waals surface area contributed by atoms with Crippen LogP contribution in [0, 0.1) is 6.92 Å². The van der Waals surface area contributed by atoms with Gasteiger partial charge in [-0.25, -0.2) is 0 Å². The zero-order valence-corrected chi connectivity index (χ0v) is 21.2. The van der Waals surface area contributed by atoms with E-state index in [1.165, 1.54) is 0 Å². The van der Waals surface area contributed by atoms with Crippen molar-refractivity contribution in [2.75, 3.05) is 51.0 Å². The van der Waals surface area contributed by atoms with Gasteiger partial charge in [-0.3, -0.25) is 14.4 Å². The molecule has 3 amide bonds. The number of amides is 3. The van der Waals surface area contributed by atoms with Gasteiger partial charge in [-0.1, -0.05) is 35.9 Å². The maximum Gasteiger partial charge on any atom is 0.253 e. The molecule has 0 saturated carbocycles. The minimum atomic E-state index is -0.763. The van der Waals surface area contributed by atoms with Gasteiger partial charge in [0.1, 0.15) is 12.1 Å². The van der Waals surface area contributed by atoms with Gasteiger partial charge in [-0.15, -0.1) is 0 Å². The number of likely N-dealkylation sites (tertiary alicyclic amines) is 1. The number of carbonyl (C=O) groups is 3. The standard InChI is InChI=1S/C28H36N4O4/c1-3-36-19-7-16-29-25(33)20-31-21-32(24-8-5-4-6-9-24)28(27(31)35)14-17-30(18-15-28)26(34)23-12-10-22(2)11-13-23/h4-6,8-13H,3,7,14-21H2,1-2H3,(H,29,33). The molecule has 0 atom stereocenters. The van der Waals surface area contributed by atoms with E-state index in [9.17, 15) is 14.4 Å². The van der Waals surface area contributed by atoms with Crippen LogP contribution in [-0.2, 0) is 14.3 Å². The average Bonchev–Trinajstić information content (AvgIpc) is 3.15. The highest BCUT2D eigenvalue weighted by molar-refractivity contribution is 5.97. The molecular weight excluding hydrogens is 456 g/mol. The Labute approximate surface area is 213 Å². The zero-order chi connectivity index (χ0) is 25.5. The van der Waals surface area contributed by atoms with Crippen molar-refractivity contribution in [1.29, 1.82) is 0 Å². The Kier molecular flexibility index (Phi) is 8.25. The number of hydrogen-bond donors (Lipinski definition) is 1. The van der Waals surface area contributed by atoms with Crippen LogP contribution >= 0.6 is 0 Å². The third-order valence-electron chi connectivity index (χ3n) is 7.08. The monoisotopic (exact) mass is 492 g/mol. The summed E-state index contributed by atoms with van der Waals surface area (Å²) in [5, 5.41) is 2.89. The number of benzene rings is 2. The Morgan fingerprint density at radius 3 is 2.39 bits per heavy atom. The molecule has 2 aliphatic heterocycles. The second-order valence-corrected chi connectivity index (χ2v) is 9.50. The smallest absolute Gasteiger partial charge is 0.253 e. The van der Waals surface area contributed by atoms with Crippen LogP contribution in [0.1, 0.15) is 42.1 Å². The molecule has 1 N–H and O–H groups in total. The lowest BCUT2D eigenvalue weighted by Gasteiger charge is -2.43. The Balaban J connectivity index is 1.45. The van der Waals surface area contributed by atoms with E-state index < -0.39 is 5.54 Å². The number of carbonyl (C=O) groups excluding carboxylic acids is 3. The van der Waals surface area contributed by atoms with Crippen LogP contribution in [-0.4, -0.2) is 79.1 Å². The lowest BCUT2D eigenvalue weighted by Crippen LogP contribution is -2.57. The number of nitrogens with one attached hydrogen (secondary N) is 1. The molecule has 2 aliphatic rings. The Morgan fingerprint density at radius 1 is 1.03 bits per heavy atom. The fourth-order valence-electron chi connectivity index (χ4n) is 5.06. The number of aryl methyl sites for hydroxylation is 1. The number of hydrogen-bond acceptors (Lipinski definition) is 5. The van der Waals surface area contributed by atoms with E-state index in [1.807, 2.05) is 73.3 Å². The molecular formula is C28H36N4O4. The molecule has 1 spiro atoms. The molecule has 2 heterocycles. The lowest BCUT2D eigenvalue weighted by molar-refractivity contribution is -0.137. The van der Waals surface area contributed by atoms with Crippen molar-refractivity contribution < 1.29 is 19.1 Å². The van der Waals surface area contributed by atoms with Crippen LogP contribution < -0.4 is 10.2 Å². The summed E-state index contributed by atoms with van der Waals surface area (Å²) in [7, 11) is 0. The highest BCUT2D eigenvalue weighted by Crippen LogP contribution is 2.39. The van der Waals surface area contributed by atoms with Gasteiger partial charge in [0.15, 0.2) is 0 Å². The quantitative estimate of drug-likeness (QED) is 0.545. The highest BCUT2D eigenvalue weighted by Gasteiger charge is 2.54. The van der Waals surface area contributed by atoms with Crippen molar-refractivity contribution in [3.05, 3.63) is 65.7 Å². The second kappa shape index (κ2) is 11.6. The third-order valence-corrected chi connectivity index (χ3v) is 7.08. The number of ether oxygens (including phenoxy) is 1. The van der Waals surface area contributed by atoms with E-state index >= 15 is 0 Å². The van der Waals surface area contributed by atoms with Gasteiger partial charge in [0.05, 0.1) is 6.67 Å². The average molecular weight is 493 g/mol. The molecule has 36 heavy (non-hydrogen) atoms. The molecule has 0 aliphatic carbocycles. The van der Waals surface area contributed by atoms with Crippen molar-refractivity contribution in [2.45, 2.75) is 38.6 Å². The molecule has 0 unspecified atom stereocenters. The summed E-state index contributed by atoms with van der Waals surface area (Å²) in [5.41, 5.74) is 1.96. The van der Waals surface area contributed by atoms with E-state index in [-0.39, 0.29) is 24.3 Å². The van der Waals surface area contributed by atoms with Crippen LogP contribution in [0.4, 0.5) is 5.69 Å². The van der Waals surface area contributed by atoms with Crippen LogP contribution in [0.15, 0.2) is 54.6 Å². The predicted octanol–water partition coefficient (Wildman–Crippen LogP) is 2.82. The number of piperidine rings is 1. The number of para-hydroxylation sites is 1. The van der Waals surface area contributed by atoms with Gasteiger partial charge < -0.3 is 24.8 Å². The predicted molar refractivity (Wildman–Crippen MR) is 139 cm³/mol. The molecule has 192 valence electrons. The first-order valence-electron chi connectivity index (χ1n) is 12.8. The molecule has 2 aromatic carbocycles. The summed E-state index contributed by atoms with van der Waals surface area (Å²) in [6.07, 6.45) is 1.77. The van der Waals surface area contributed by atoms with E-state index in [0.29, 0.717) is 57.9 Å². The summed E-state index contributed by atoms with van der Waals surface area (Å²) in [5.74, 6) is -0.222. The second-order valence-electron chi connectivity index (χ2n) is 9.50. The van der Waals surface area contributed by atoms with Gasteiger partial charge in [0, 0.05) is 44.1 Å². The molecule has 0 radical (unpaired) electrons. The van der Waals surface area contributed by atoms with Gasteiger partial charge in [0.25, 0.3) is 11.8 Å². The van der Waals surface area contributed by atoms with E-state index in [0.717, 1.165) is 17.7 Å². The zero-order valence-electron chi connectivity index (χ0n) is 21.2. The molecule has 4 rings (SSSR count). The summed E-state index contributed by atoms with van der Waals surface area (Å²) >= 11 is 0. The number of anilines is 1. The minimum absolute atomic E-state index is 0.00940. The Bertz CT molecular complexity index is 1050. The largest absolute Gasteiger partial charge is 0.382 e. The summed E-state index contributed by atoms with van der Waals surface area (Å²) in [6, 6.07) is 17.4. The minimum Gasteiger partial charge on any atom is -0.382 e. The van der Waals surface area contributed by atoms with Crippen LogP contribution in [0.3, 0.4) is 0 Å². The first-order valence-corrected chi connectivity index (χ1v) is 12.8. The molecule has 8 nitrogen and oxygen atoms in total. The number of nitrogens with zero attached hydrogens (tertiary/aromatic N) is 3. The van der Waals surface area contributed by atoms with Crippen molar-refractivity contribution >= 4 is 23.4 Å². The molecule has 8 heteroatoms. The topological polar surface area (TPSA) is 82.2 Å². The maximum atomic E-state index is 13.8. The molecule has 0 aromatic heterocycles. The third kappa shape index (κ3) is 5.54. The molecule has 2 fully saturated rings. The summed E-state index contributed by atoms with van der Waals surface area (Å²) < 4.78 is 5.31. The fourth-order valence-corrected chi connectivity index (χ4v) is 5.06. The Morgan fingerprint density at radius 2 is 1.72 bits per heavy atom. The fraction of sp³-hybridized carbons (Fsp3) is 0.464. The maximum absolute atomic E-state index is 13.8. The number of rotatable bonds is 9. The Hall–Kier alpha value is -3.39. The molecule has 2 saturated heterocycles. The molecule has 0 bridgehead atoms. The highest BCUT2D eigenvalue weighted by atomic mass is 16.5. The van der Waals surface area contributed by atoms with Gasteiger partial charge in [0.2, 0.25) is 5.91 Å². The van der Waals surface area contributed by atoms with Gasteiger partial charge in [-0.2, -0.15) is 0 Å².